The van der Waals surface area contributed by atoms with Crippen LogP contribution in [0.3, 0.4) is 0 Å². The van der Waals surface area contributed by atoms with E-state index in [1.54, 1.807) is 32.0 Å². The first-order valence-electron chi connectivity index (χ1n) is 11.2. The molecule has 1 atom stereocenters. The molecule has 4 rings (SSSR count). The van der Waals surface area contributed by atoms with Crippen LogP contribution in [0, 0.1) is 5.82 Å². The number of carbonyl (C=O) groups excluding carboxylic acids is 2. The molecule has 11 heteroatoms. The highest BCUT2D eigenvalue weighted by Gasteiger charge is 2.40. The van der Waals surface area contributed by atoms with E-state index in [9.17, 15) is 18.8 Å². The van der Waals surface area contributed by atoms with Crippen molar-refractivity contribution in [3.63, 3.8) is 0 Å². The number of nitrogens with one attached hydrogen (secondary N) is 1. The number of piperidine rings is 1. The maximum atomic E-state index is 14.7. The molecule has 0 radical (unpaired) electrons. The average Bonchev–Trinajstić information content (AvgIpc) is 2.86. The van der Waals surface area contributed by atoms with Gasteiger partial charge in [-0.15, -0.1) is 0 Å². The molecule has 3 aromatic heterocycles. The van der Waals surface area contributed by atoms with Crippen LogP contribution in [0.25, 0.3) is 11.0 Å². The molecular formula is C24H27FN6O4. The number of hydrogen-bond acceptors (Lipinski definition) is 8. The van der Waals surface area contributed by atoms with E-state index < -0.39 is 17.5 Å². The molecule has 0 aliphatic carbocycles. The quantitative estimate of drug-likeness (QED) is 0.532. The van der Waals surface area contributed by atoms with Gasteiger partial charge in [0.05, 0.1) is 17.0 Å². The maximum Gasteiger partial charge on any atom is 0.258 e. The zero-order valence-electron chi connectivity index (χ0n) is 20.0. The molecule has 4 heterocycles. The number of aromatic nitrogens is 4. The standard InChI is InChI=1S/C24H27FN6O4/c1-14(16-5-8-26-19(12-32)20(16)25)29-21-17-11-18(23(34)30(3)22(17)28-13-27-21)24(35-4)6-9-31(10-7-24)15(2)33/h5,8,11-14H,6-7,9-10H2,1-4H3,(H,27,28,29). The molecule has 0 spiro atoms. The van der Waals surface area contributed by atoms with Gasteiger partial charge in [-0.2, -0.15) is 0 Å². The van der Waals surface area contributed by atoms with Crippen molar-refractivity contribution in [1.29, 1.82) is 0 Å². The Labute approximate surface area is 201 Å². The molecule has 3 aromatic rings. The van der Waals surface area contributed by atoms with E-state index in [1.165, 1.54) is 30.1 Å². The third-order valence-corrected chi connectivity index (χ3v) is 6.78. The summed E-state index contributed by atoms with van der Waals surface area (Å²) in [5.41, 5.74) is -0.286. The molecule has 0 aromatic carbocycles. The predicted octanol–water partition coefficient (Wildman–Crippen LogP) is 2.33. The number of halogens is 1. The molecule has 0 bridgehead atoms. The highest BCUT2D eigenvalue weighted by atomic mass is 19.1. The highest BCUT2D eigenvalue weighted by Crippen LogP contribution is 2.36. The summed E-state index contributed by atoms with van der Waals surface area (Å²) in [5.74, 6) is -0.323. The van der Waals surface area contributed by atoms with Crippen LogP contribution in [0.15, 0.2) is 29.5 Å². The summed E-state index contributed by atoms with van der Waals surface area (Å²) in [4.78, 5) is 50.4. The van der Waals surface area contributed by atoms with Crippen molar-refractivity contribution >= 4 is 29.0 Å². The van der Waals surface area contributed by atoms with Crippen LogP contribution in [-0.2, 0) is 22.2 Å². The normalized spacial score (nSPS) is 16.2. The molecule has 1 aliphatic heterocycles. The number of methoxy groups -OCH3 is 1. The van der Waals surface area contributed by atoms with Crippen LogP contribution in [0.4, 0.5) is 10.2 Å². The van der Waals surface area contributed by atoms with Crippen molar-refractivity contribution in [3.8, 4) is 0 Å². The van der Waals surface area contributed by atoms with Crippen LogP contribution in [0.2, 0.25) is 0 Å². The molecule has 1 N–H and O–H groups in total. The average molecular weight is 483 g/mol. The second-order valence-electron chi connectivity index (χ2n) is 8.67. The Hall–Kier alpha value is -3.73. The topological polar surface area (TPSA) is 119 Å². The van der Waals surface area contributed by atoms with Crippen molar-refractivity contribution < 1.29 is 18.7 Å². The number of anilines is 1. The Morgan fingerprint density at radius 2 is 2.00 bits per heavy atom. The Morgan fingerprint density at radius 1 is 1.29 bits per heavy atom. The van der Waals surface area contributed by atoms with Crippen molar-refractivity contribution in [1.82, 2.24) is 24.4 Å². The van der Waals surface area contributed by atoms with Gasteiger partial charge < -0.3 is 15.0 Å². The van der Waals surface area contributed by atoms with Gasteiger partial charge in [0.25, 0.3) is 5.56 Å². The summed E-state index contributed by atoms with van der Waals surface area (Å²) in [6.07, 6.45) is 4.00. The molecule has 1 amide bonds. The van der Waals surface area contributed by atoms with Gasteiger partial charge in [0.1, 0.15) is 29.1 Å². The molecular weight excluding hydrogens is 455 g/mol. The monoisotopic (exact) mass is 482 g/mol. The van der Waals surface area contributed by atoms with Gasteiger partial charge >= 0.3 is 0 Å². The SMILES string of the molecule is COC1(c2cc3c(NC(C)c4ccnc(C=O)c4F)ncnc3n(C)c2=O)CCN(C(C)=O)CC1. The smallest absolute Gasteiger partial charge is 0.258 e. The summed E-state index contributed by atoms with van der Waals surface area (Å²) < 4.78 is 22.0. The van der Waals surface area contributed by atoms with E-state index >= 15 is 0 Å². The molecule has 1 saturated heterocycles. The van der Waals surface area contributed by atoms with Crippen molar-refractivity contribution in [2.75, 3.05) is 25.5 Å². The Bertz CT molecular complexity index is 1350. The number of ether oxygens (including phenoxy) is 1. The third-order valence-electron chi connectivity index (χ3n) is 6.78. The van der Waals surface area contributed by atoms with E-state index in [0.29, 0.717) is 54.6 Å². The number of rotatable bonds is 6. The molecule has 10 nitrogen and oxygen atoms in total. The molecule has 184 valence electrons. The van der Waals surface area contributed by atoms with Crippen LogP contribution in [0.1, 0.15) is 54.3 Å². The molecule has 1 unspecified atom stereocenters. The number of pyridine rings is 2. The lowest BCUT2D eigenvalue weighted by atomic mass is 9.84. The van der Waals surface area contributed by atoms with E-state index in [2.05, 4.69) is 20.3 Å². The first-order valence-corrected chi connectivity index (χ1v) is 11.2. The van der Waals surface area contributed by atoms with Crippen LogP contribution in [0.5, 0.6) is 0 Å². The largest absolute Gasteiger partial charge is 0.373 e. The Balaban J connectivity index is 1.78. The number of hydrogen-bond donors (Lipinski definition) is 1. The fourth-order valence-electron chi connectivity index (χ4n) is 4.65. The number of aryl methyl sites for hydroxylation is 1. The van der Waals surface area contributed by atoms with Gasteiger partial charge in [-0.1, -0.05) is 0 Å². The molecule has 35 heavy (non-hydrogen) atoms. The number of fused-ring (bicyclic) bond motifs is 1. The minimum absolute atomic E-state index is 0.0175. The van der Waals surface area contributed by atoms with Crippen LogP contribution >= 0.6 is 0 Å². The van der Waals surface area contributed by atoms with Gasteiger partial charge in [-0.05, 0) is 31.9 Å². The summed E-state index contributed by atoms with van der Waals surface area (Å²) in [5, 5.41) is 3.74. The molecule has 1 fully saturated rings. The number of carbonyl (C=O) groups is 2. The summed E-state index contributed by atoms with van der Waals surface area (Å²) in [6, 6.07) is 2.65. The van der Waals surface area contributed by atoms with Gasteiger partial charge in [0.2, 0.25) is 5.91 Å². The van der Waals surface area contributed by atoms with Crippen molar-refractivity contribution in [2.45, 2.75) is 38.3 Å². The summed E-state index contributed by atoms with van der Waals surface area (Å²) >= 11 is 0. The van der Waals surface area contributed by atoms with E-state index in [0.717, 1.165) is 0 Å². The number of aldehydes is 1. The minimum Gasteiger partial charge on any atom is -0.373 e. The Morgan fingerprint density at radius 3 is 2.63 bits per heavy atom. The van der Waals surface area contributed by atoms with Crippen LogP contribution < -0.4 is 10.9 Å². The van der Waals surface area contributed by atoms with E-state index in [-0.39, 0.29) is 22.7 Å². The number of amides is 1. The zero-order chi connectivity index (χ0) is 25.3. The zero-order valence-corrected chi connectivity index (χ0v) is 20.0. The second-order valence-corrected chi connectivity index (χ2v) is 8.67. The van der Waals surface area contributed by atoms with Gasteiger partial charge in [0.15, 0.2) is 12.1 Å². The van der Waals surface area contributed by atoms with Crippen LogP contribution in [-0.4, -0.2) is 56.8 Å². The predicted molar refractivity (Wildman–Crippen MR) is 127 cm³/mol. The van der Waals surface area contributed by atoms with Gasteiger partial charge in [-0.25, -0.2) is 14.4 Å². The first-order chi connectivity index (χ1) is 16.7. The fourth-order valence-corrected chi connectivity index (χ4v) is 4.65. The maximum absolute atomic E-state index is 14.7. The number of nitrogens with zero attached hydrogens (tertiary/aromatic N) is 5. The van der Waals surface area contributed by atoms with Gasteiger partial charge in [-0.3, -0.25) is 23.9 Å². The molecule has 0 saturated carbocycles. The second kappa shape index (κ2) is 9.49. The molecule has 1 aliphatic rings. The number of likely N-dealkylation sites (tertiary alicyclic amines) is 1. The lowest BCUT2D eigenvalue weighted by Crippen LogP contribution is -2.48. The Kier molecular flexibility index (Phi) is 6.62. The van der Waals surface area contributed by atoms with E-state index in [4.69, 9.17) is 4.74 Å². The van der Waals surface area contributed by atoms with E-state index in [1.807, 2.05) is 0 Å². The fraction of sp³-hybridized carbons (Fsp3) is 0.417. The third kappa shape index (κ3) is 4.27. The van der Waals surface area contributed by atoms with Crippen molar-refractivity contribution in [3.05, 3.63) is 57.6 Å². The summed E-state index contributed by atoms with van der Waals surface area (Å²) in [7, 11) is 3.19. The lowest BCUT2D eigenvalue weighted by molar-refractivity contribution is -0.135. The summed E-state index contributed by atoms with van der Waals surface area (Å²) in [6.45, 7) is 4.20. The highest BCUT2D eigenvalue weighted by molar-refractivity contribution is 5.87. The minimum atomic E-state index is -0.871. The van der Waals surface area contributed by atoms with Crippen molar-refractivity contribution in [2.24, 2.45) is 7.05 Å². The lowest BCUT2D eigenvalue weighted by Gasteiger charge is -2.40. The first kappa shape index (κ1) is 24.4. The van der Waals surface area contributed by atoms with Gasteiger partial charge in [0, 0.05) is 45.9 Å².